The molecule has 2 rings (SSSR count). The lowest BCUT2D eigenvalue weighted by Crippen LogP contribution is -2.23. The minimum absolute atomic E-state index is 0.148. The van der Waals surface area contributed by atoms with Crippen molar-refractivity contribution < 1.29 is 26.0 Å². The molecular weight excluding hydrogens is 322 g/mol. The lowest BCUT2D eigenvalue weighted by molar-refractivity contribution is -0.137. The zero-order chi connectivity index (χ0) is 16.4. The van der Waals surface area contributed by atoms with Gasteiger partial charge in [-0.05, 0) is 29.8 Å². The van der Waals surface area contributed by atoms with Gasteiger partial charge in [0, 0.05) is 6.54 Å². The molecule has 0 aliphatic heterocycles. The van der Waals surface area contributed by atoms with Gasteiger partial charge in [0.15, 0.2) is 0 Å². The van der Waals surface area contributed by atoms with Crippen LogP contribution < -0.4 is 4.72 Å². The van der Waals surface area contributed by atoms with Crippen LogP contribution in [-0.4, -0.2) is 8.42 Å². The lowest BCUT2D eigenvalue weighted by Gasteiger charge is -2.10. The summed E-state index contributed by atoms with van der Waals surface area (Å²) in [5.41, 5.74) is -0.718. The largest absolute Gasteiger partial charge is 0.416 e. The number of benzene rings is 2. The molecule has 0 heterocycles. The van der Waals surface area contributed by atoms with Crippen molar-refractivity contribution in [2.75, 3.05) is 0 Å². The first-order chi connectivity index (χ1) is 10.2. The van der Waals surface area contributed by atoms with Crippen LogP contribution in [0.15, 0.2) is 53.4 Å². The summed E-state index contributed by atoms with van der Waals surface area (Å²) in [6.45, 7) is -0.331. The summed E-state index contributed by atoms with van der Waals surface area (Å²) in [5, 5.41) is 0. The van der Waals surface area contributed by atoms with E-state index in [2.05, 4.69) is 4.72 Å². The highest BCUT2D eigenvalue weighted by molar-refractivity contribution is 7.89. The van der Waals surface area contributed by atoms with Crippen LogP contribution in [0.4, 0.5) is 17.6 Å². The normalized spacial score (nSPS) is 12.4. The molecule has 0 spiro atoms. The van der Waals surface area contributed by atoms with E-state index in [0.717, 1.165) is 24.3 Å². The van der Waals surface area contributed by atoms with Gasteiger partial charge < -0.3 is 0 Å². The Balaban J connectivity index is 2.16. The molecular formula is C14H11F4NO2S. The molecule has 0 bridgehead atoms. The van der Waals surface area contributed by atoms with E-state index in [1.54, 1.807) is 0 Å². The molecule has 0 aliphatic rings. The summed E-state index contributed by atoms with van der Waals surface area (Å²) in [6, 6.07) is 8.64. The molecule has 0 saturated carbocycles. The number of nitrogens with one attached hydrogen (secondary N) is 1. The maximum atomic E-state index is 13.0. The Morgan fingerprint density at radius 1 is 1.00 bits per heavy atom. The van der Waals surface area contributed by atoms with Crippen molar-refractivity contribution in [1.29, 1.82) is 0 Å². The molecule has 3 nitrogen and oxygen atoms in total. The number of alkyl halides is 3. The van der Waals surface area contributed by atoms with Gasteiger partial charge in [0.25, 0.3) is 0 Å². The third-order valence-electron chi connectivity index (χ3n) is 2.83. The molecule has 0 aromatic heterocycles. The summed E-state index contributed by atoms with van der Waals surface area (Å²) in [4.78, 5) is -0.292. The molecule has 0 fully saturated rings. The Hall–Kier alpha value is -1.93. The van der Waals surface area contributed by atoms with Gasteiger partial charge >= 0.3 is 6.18 Å². The van der Waals surface area contributed by atoms with E-state index in [-0.39, 0.29) is 17.0 Å². The summed E-state index contributed by atoms with van der Waals surface area (Å²) in [6.07, 6.45) is -4.50. The Morgan fingerprint density at radius 3 is 2.32 bits per heavy atom. The first-order valence-electron chi connectivity index (χ1n) is 6.10. The van der Waals surface area contributed by atoms with E-state index < -0.39 is 27.6 Å². The van der Waals surface area contributed by atoms with E-state index >= 15 is 0 Å². The highest BCUT2D eigenvalue weighted by Crippen LogP contribution is 2.29. The SMILES string of the molecule is O=S(=O)(NCc1cccc(C(F)(F)F)c1)c1cccc(F)c1. The summed E-state index contributed by atoms with van der Waals surface area (Å²) in [5.74, 6) is -0.720. The zero-order valence-electron chi connectivity index (χ0n) is 11.1. The fraction of sp³-hybridized carbons (Fsp3) is 0.143. The Kier molecular flexibility index (Phi) is 4.52. The maximum Gasteiger partial charge on any atom is 0.416 e. The van der Waals surface area contributed by atoms with Crippen LogP contribution in [0.3, 0.4) is 0 Å². The van der Waals surface area contributed by atoms with Crippen molar-refractivity contribution in [3.05, 3.63) is 65.5 Å². The summed E-state index contributed by atoms with van der Waals surface area (Å²) < 4.78 is 76.8. The quantitative estimate of drug-likeness (QED) is 0.873. The van der Waals surface area contributed by atoms with E-state index in [1.165, 1.54) is 24.3 Å². The van der Waals surface area contributed by atoms with Crippen LogP contribution >= 0.6 is 0 Å². The monoisotopic (exact) mass is 333 g/mol. The van der Waals surface area contributed by atoms with E-state index in [0.29, 0.717) is 0 Å². The van der Waals surface area contributed by atoms with Gasteiger partial charge in [-0.1, -0.05) is 24.3 Å². The average Bonchev–Trinajstić information content (AvgIpc) is 2.45. The molecule has 0 amide bonds. The van der Waals surface area contributed by atoms with Gasteiger partial charge in [-0.2, -0.15) is 13.2 Å². The Bertz CT molecular complexity index is 772. The molecule has 0 unspecified atom stereocenters. The second-order valence-electron chi connectivity index (χ2n) is 4.48. The van der Waals surface area contributed by atoms with Crippen LogP contribution in [0.1, 0.15) is 11.1 Å². The molecule has 1 N–H and O–H groups in total. The molecule has 0 radical (unpaired) electrons. The van der Waals surface area contributed by atoms with Gasteiger partial charge in [-0.25, -0.2) is 17.5 Å². The van der Waals surface area contributed by atoms with E-state index in [9.17, 15) is 26.0 Å². The second kappa shape index (κ2) is 6.05. The van der Waals surface area contributed by atoms with Crippen LogP contribution in [-0.2, 0) is 22.7 Å². The minimum atomic E-state index is -4.50. The zero-order valence-corrected chi connectivity index (χ0v) is 11.9. The highest BCUT2D eigenvalue weighted by atomic mass is 32.2. The Morgan fingerprint density at radius 2 is 1.68 bits per heavy atom. The lowest BCUT2D eigenvalue weighted by atomic mass is 10.1. The number of hydrogen-bond donors (Lipinski definition) is 1. The van der Waals surface area contributed by atoms with Gasteiger partial charge in [-0.3, -0.25) is 0 Å². The standard InChI is InChI=1S/C14H11F4NO2S/c15-12-5-2-6-13(8-12)22(20,21)19-9-10-3-1-4-11(7-10)14(16,17)18/h1-8,19H,9H2. The van der Waals surface area contributed by atoms with Crippen molar-refractivity contribution in [2.24, 2.45) is 0 Å². The van der Waals surface area contributed by atoms with Crippen LogP contribution in [0.2, 0.25) is 0 Å². The molecule has 0 atom stereocenters. The third kappa shape index (κ3) is 4.05. The molecule has 118 valence electrons. The second-order valence-corrected chi connectivity index (χ2v) is 6.25. The summed E-state index contributed by atoms with van der Waals surface area (Å²) >= 11 is 0. The molecule has 22 heavy (non-hydrogen) atoms. The predicted molar refractivity (Wildman–Crippen MR) is 71.9 cm³/mol. The maximum absolute atomic E-state index is 13.0. The van der Waals surface area contributed by atoms with Crippen molar-refractivity contribution in [3.8, 4) is 0 Å². The fourth-order valence-corrected chi connectivity index (χ4v) is 2.80. The van der Waals surface area contributed by atoms with E-state index in [4.69, 9.17) is 0 Å². The minimum Gasteiger partial charge on any atom is -0.207 e. The van der Waals surface area contributed by atoms with Gasteiger partial charge in [-0.15, -0.1) is 0 Å². The smallest absolute Gasteiger partial charge is 0.207 e. The number of halogens is 4. The number of rotatable bonds is 4. The van der Waals surface area contributed by atoms with Crippen LogP contribution in [0.5, 0.6) is 0 Å². The average molecular weight is 333 g/mol. The molecule has 2 aromatic carbocycles. The van der Waals surface area contributed by atoms with Crippen molar-refractivity contribution in [2.45, 2.75) is 17.6 Å². The molecule has 2 aromatic rings. The molecule has 0 aliphatic carbocycles. The van der Waals surface area contributed by atoms with Crippen molar-refractivity contribution in [1.82, 2.24) is 4.72 Å². The topological polar surface area (TPSA) is 46.2 Å². The highest BCUT2D eigenvalue weighted by Gasteiger charge is 2.30. The number of hydrogen-bond acceptors (Lipinski definition) is 2. The third-order valence-corrected chi connectivity index (χ3v) is 4.23. The van der Waals surface area contributed by atoms with Gasteiger partial charge in [0.2, 0.25) is 10.0 Å². The predicted octanol–water partition coefficient (Wildman–Crippen LogP) is 3.32. The fourth-order valence-electron chi connectivity index (χ4n) is 1.75. The van der Waals surface area contributed by atoms with E-state index in [1.807, 2.05) is 0 Å². The van der Waals surface area contributed by atoms with Crippen molar-refractivity contribution >= 4 is 10.0 Å². The van der Waals surface area contributed by atoms with Crippen LogP contribution in [0, 0.1) is 5.82 Å². The van der Waals surface area contributed by atoms with Gasteiger partial charge in [0.05, 0.1) is 10.5 Å². The Labute approximate surface area is 124 Å². The molecule has 0 saturated heterocycles. The van der Waals surface area contributed by atoms with Crippen LogP contribution in [0.25, 0.3) is 0 Å². The van der Waals surface area contributed by atoms with Crippen molar-refractivity contribution in [3.63, 3.8) is 0 Å². The summed E-state index contributed by atoms with van der Waals surface area (Å²) in [7, 11) is -4.00. The first kappa shape index (κ1) is 16.4. The first-order valence-corrected chi connectivity index (χ1v) is 7.58. The van der Waals surface area contributed by atoms with Gasteiger partial charge in [0.1, 0.15) is 5.82 Å². The number of sulfonamides is 1. The molecule has 8 heteroatoms.